The molecular formula is C26H27N5O13. The van der Waals surface area contributed by atoms with Crippen molar-refractivity contribution in [2.45, 2.75) is 31.5 Å². The van der Waals surface area contributed by atoms with Gasteiger partial charge in [0.25, 0.3) is 0 Å². The Morgan fingerprint density at radius 2 is 1.43 bits per heavy atom. The van der Waals surface area contributed by atoms with Gasteiger partial charge in [-0.05, 0) is 42.0 Å². The Balaban J connectivity index is 2.09. The highest BCUT2D eigenvalue weighted by molar-refractivity contribution is 5.94. The van der Waals surface area contributed by atoms with Crippen LogP contribution in [0.2, 0.25) is 0 Å². The van der Waals surface area contributed by atoms with E-state index in [0.717, 1.165) is 0 Å². The van der Waals surface area contributed by atoms with Gasteiger partial charge in [-0.15, -0.1) is 0 Å². The molecule has 2 atom stereocenters. The van der Waals surface area contributed by atoms with Crippen molar-refractivity contribution >= 4 is 53.5 Å². The second-order valence-corrected chi connectivity index (χ2v) is 8.84. The summed E-state index contributed by atoms with van der Waals surface area (Å²) in [6.45, 7) is -1.68. The number of carbonyl (C=O) groups is 7. The molecule has 18 heteroatoms. The molecule has 0 saturated carbocycles. The summed E-state index contributed by atoms with van der Waals surface area (Å²) in [4.78, 5) is 82.9. The number of carboxylic acid groups (broad SMARTS) is 4. The third-order valence-electron chi connectivity index (χ3n) is 5.49. The molecule has 2 aromatic rings. The second-order valence-electron chi connectivity index (χ2n) is 8.84. The Kier molecular flexibility index (Phi) is 12.1. The van der Waals surface area contributed by atoms with Crippen molar-refractivity contribution in [3.8, 4) is 5.75 Å². The maximum absolute atomic E-state index is 12.8. The smallest absolute Gasteiger partial charge is 0.411 e. The molecule has 0 spiro atoms. The highest BCUT2D eigenvalue weighted by Crippen LogP contribution is 2.17. The molecule has 0 unspecified atom stereocenters. The summed E-state index contributed by atoms with van der Waals surface area (Å²) in [7, 11) is 0. The van der Waals surface area contributed by atoms with E-state index in [4.69, 9.17) is 35.9 Å². The number of anilines is 1. The molecule has 18 nitrogen and oxygen atoms in total. The fraction of sp³-hybridized carbons (Fsp3) is 0.231. The molecular weight excluding hydrogens is 590 g/mol. The van der Waals surface area contributed by atoms with E-state index in [1.807, 2.05) is 5.32 Å². The fourth-order valence-corrected chi connectivity index (χ4v) is 3.46. The number of hydrogen-bond acceptors (Lipinski definition) is 10. The lowest BCUT2D eigenvalue weighted by Crippen LogP contribution is -2.53. The number of benzene rings is 2. The summed E-state index contributed by atoms with van der Waals surface area (Å²) in [5.41, 5.74) is 6.22. The number of nitrogens with one attached hydrogen (secondary N) is 3. The zero-order chi connectivity index (χ0) is 33.0. The van der Waals surface area contributed by atoms with E-state index in [-0.39, 0.29) is 22.2 Å². The quantitative estimate of drug-likeness (QED) is 0.0570. The molecule has 2 amide bonds. The molecule has 0 aromatic heterocycles. The minimum atomic E-state index is -2.11. The Labute approximate surface area is 247 Å². The normalized spacial score (nSPS) is 11.6. The number of hydrogen-bond donors (Lipinski definition) is 8. The van der Waals surface area contributed by atoms with Crippen molar-refractivity contribution in [3.63, 3.8) is 0 Å². The van der Waals surface area contributed by atoms with Crippen LogP contribution in [0, 0.1) is 5.41 Å². The number of esters is 1. The average Bonchev–Trinajstić information content (AvgIpc) is 2.93. The van der Waals surface area contributed by atoms with E-state index in [1.165, 1.54) is 48.5 Å². The van der Waals surface area contributed by atoms with Gasteiger partial charge in [0, 0.05) is 5.69 Å². The number of ether oxygens (including phenoxy) is 2. The molecule has 2 rings (SSSR count). The topological polar surface area (TPSA) is 296 Å². The second kappa shape index (κ2) is 15.7. The molecule has 9 N–H and O–H groups in total. The van der Waals surface area contributed by atoms with Crippen LogP contribution >= 0.6 is 0 Å². The Morgan fingerprint density at radius 1 is 0.841 bits per heavy atom. The zero-order valence-electron chi connectivity index (χ0n) is 22.6. The van der Waals surface area contributed by atoms with Crippen molar-refractivity contribution in [1.29, 1.82) is 5.41 Å². The van der Waals surface area contributed by atoms with Crippen molar-refractivity contribution in [2.75, 3.05) is 11.9 Å². The highest BCUT2D eigenvalue weighted by atomic mass is 16.6. The number of aliphatic carboxylic acids is 4. The minimum Gasteiger partial charge on any atom is -0.481 e. The van der Waals surface area contributed by atoms with E-state index < -0.39 is 79.9 Å². The standard InChI is InChI=1S/C26H27N5O13/c27-25(28)29-15-5-3-14(4-6-15)24(41)44-16-7-1-13(2-8-16)12-43-26(42)31(18(23(39)40)10-21(35)36)11-19(32)30-17(22(37)38)9-20(33)34/h1-8,17-18H,9-12H2,(H,30,32)(H,33,34)(H,35,36)(H,37,38)(H,39,40)(H4,27,28,29)/t17-,18-/m0/s1. The predicted molar refractivity (Wildman–Crippen MR) is 146 cm³/mol. The number of amides is 2. The lowest BCUT2D eigenvalue weighted by molar-refractivity contribution is -0.150. The van der Waals surface area contributed by atoms with Gasteiger partial charge in [-0.3, -0.25) is 24.7 Å². The average molecular weight is 618 g/mol. The first kappa shape index (κ1) is 34.0. The lowest BCUT2D eigenvalue weighted by Gasteiger charge is -2.27. The summed E-state index contributed by atoms with van der Waals surface area (Å²) in [5, 5.41) is 48.1. The van der Waals surface area contributed by atoms with Crippen LogP contribution in [0.4, 0.5) is 10.5 Å². The predicted octanol–water partition coefficient (Wildman–Crippen LogP) is 0.122. The van der Waals surface area contributed by atoms with Crippen LogP contribution in [0.3, 0.4) is 0 Å². The summed E-state index contributed by atoms with van der Waals surface area (Å²) < 4.78 is 10.3. The van der Waals surface area contributed by atoms with Gasteiger partial charge in [0.1, 0.15) is 31.0 Å². The number of nitrogens with two attached hydrogens (primary N) is 1. The van der Waals surface area contributed by atoms with E-state index in [0.29, 0.717) is 11.3 Å². The fourth-order valence-electron chi connectivity index (χ4n) is 3.46. The lowest BCUT2D eigenvalue weighted by atomic mass is 10.1. The van der Waals surface area contributed by atoms with Gasteiger partial charge in [-0.1, -0.05) is 12.1 Å². The maximum atomic E-state index is 12.8. The van der Waals surface area contributed by atoms with Gasteiger partial charge in [0.05, 0.1) is 18.4 Å². The van der Waals surface area contributed by atoms with Crippen molar-refractivity contribution in [1.82, 2.24) is 10.2 Å². The first-order valence-electron chi connectivity index (χ1n) is 12.3. The zero-order valence-corrected chi connectivity index (χ0v) is 22.6. The van der Waals surface area contributed by atoms with Crippen LogP contribution in [0.1, 0.15) is 28.8 Å². The number of carboxylic acids is 4. The third kappa shape index (κ3) is 11.0. The van der Waals surface area contributed by atoms with Crippen LogP contribution in [0.25, 0.3) is 0 Å². The van der Waals surface area contributed by atoms with Gasteiger partial charge in [-0.2, -0.15) is 0 Å². The monoisotopic (exact) mass is 617 g/mol. The van der Waals surface area contributed by atoms with Gasteiger partial charge >= 0.3 is 35.9 Å². The highest BCUT2D eigenvalue weighted by Gasteiger charge is 2.35. The molecule has 0 heterocycles. The van der Waals surface area contributed by atoms with Gasteiger partial charge < -0.3 is 46.3 Å². The maximum Gasteiger partial charge on any atom is 0.411 e. The molecule has 0 bridgehead atoms. The minimum absolute atomic E-state index is 0.107. The molecule has 0 aliphatic carbocycles. The molecule has 234 valence electrons. The molecule has 44 heavy (non-hydrogen) atoms. The van der Waals surface area contributed by atoms with Gasteiger partial charge in [-0.25, -0.2) is 19.2 Å². The van der Waals surface area contributed by atoms with E-state index in [1.54, 1.807) is 0 Å². The Bertz CT molecular complexity index is 1430. The van der Waals surface area contributed by atoms with Crippen LogP contribution in [0.15, 0.2) is 48.5 Å². The van der Waals surface area contributed by atoms with Gasteiger partial charge in [0.15, 0.2) is 5.96 Å². The Hall–Kier alpha value is -6.20. The summed E-state index contributed by atoms with van der Waals surface area (Å²) in [6.07, 6.45) is -3.62. The van der Waals surface area contributed by atoms with Crippen molar-refractivity contribution in [3.05, 3.63) is 59.7 Å². The Morgan fingerprint density at radius 3 is 1.93 bits per heavy atom. The van der Waals surface area contributed by atoms with E-state index >= 15 is 0 Å². The van der Waals surface area contributed by atoms with E-state index in [2.05, 4.69) is 5.32 Å². The van der Waals surface area contributed by atoms with Crippen LogP contribution in [-0.2, 0) is 35.3 Å². The molecule has 0 fully saturated rings. The summed E-state index contributed by atoms with van der Waals surface area (Å²) in [5.74, 6) is -8.91. The van der Waals surface area contributed by atoms with Crippen molar-refractivity contribution in [2.24, 2.45) is 5.73 Å². The molecule has 0 aliphatic heterocycles. The molecule has 0 saturated heterocycles. The molecule has 0 aliphatic rings. The van der Waals surface area contributed by atoms with Crippen LogP contribution < -0.4 is 21.1 Å². The van der Waals surface area contributed by atoms with Crippen molar-refractivity contribution < 1.29 is 63.5 Å². The van der Waals surface area contributed by atoms with Crippen LogP contribution in [0.5, 0.6) is 5.75 Å². The summed E-state index contributed by atoms with van der Waals surface area (Å²) >= 11 is 0. The molecule has 0 radical (unpaired) electrons. The SMILES string of the molecule is N=C(N)Nc1ccc(C(=O)Oc2ccc(COC(=O)N(CC(=O)N[C@@H](CC(=O)O)C(=O)O)[C@@H](CC(=O)O)C(=O)O)cc2)cc1. The number of nitrogens with zero attached hydrogens (tertiary/aromatic N) is 1. The summed E-state index contributed by atoms with van der Waals surface area (Å²) in [6, 6.07) is 7.37. The largest absolute Gasteiger partial charge is 0.481 e. The third-order valence-corrected chi connectivity index (χ3v) is 5.49. The van der Waals surface area contributed by atoms with Gasteiger partial charge in [0.2, 0.25) is 5.91 Å². The number of guanidine groups is 1. The first-order valence-corrected chi connectivity index (χ1v) is 12.3. The first-order chi connectivity index (χ1) is 20.7. The number of rotatable bonds is 15. The van der Waals surface area contributed by atoms with E-state index in [9.17, 15) is 38.7 Å². The number of carbonyl (C=O) groups excluding carboxylic acids is 3. The van der Waals surface area contributed by atoms with Crippen LogP contribution in [-0.4, -0.2) is 91.8 Å². The molecule has 2 aromatic carbocycles.